The molecule has 0 radical (unpaired) electrons. The Labute approximate surface area is 284 Å². The minimum Gasteiger partial charge on any atom is -0.619 e. The zero-order chi connectivity index (χ0) is 32.7. The monoisotopic (exact) mass is 638 g/mol. The lowest BCUT2D eigenvalue weighted by Crippen LogP contribution is -2.23. The predicted octanol–water partition coefficient (Wildman–Crippen LogP) is 9.17. The van der Waals surface area contributed by atoms with E-state index < -0.39 is 0 Å². The summed E-state index contributed by atoms with van der Waals surface area (Å²) in [6.07, 6.45) is 15.8. The van der Waals surface area contributed by atoms with Gasteiger partial charge in [-0.2, -0.15) is 4.73 Å². The molecule has 2 aliphatic carbocycles. The molecule has 4 heterocycles. The van der Waals surface area contributed by atoms with Gasteiger partial charge in [0.05, 0.1) is 22.1 Å². The van der Waals surface area contributed by atoms with Gasteiger partial charge in [0, 0.05) is 41.0 Å². The Kier molecular flexibility index (Phi) is 7.23. The highest BCUT2D eigenvalue weighted by Gasteiger charge is 2.25. The molecule has 0 spiro atoms. The van der Waals surface area contributed by atoms with Crippen LogP contribution in [0.3, 0.4) is 0 Å². The van der Waals surface area contributed by atoms with Crippen LogP contribution in [0.2, 0.25) is 0 Å². The fourth-order valence-electron chi connectivity index (χ4n) is 6.64. The minimum atomic E-state index is 0.731. The first-order chi connectivity index (χ1) is 24.2. The van der Waals surface area contributed by atoms with Crippen LogP contribution in [0.5, 0.6) is 0 Å². The molecule has 2 saturated carbocycles. The Balaban J connectivity index is 0.000000133. The zero-order valence-corrected chi connectivity index (χ0v) is 26.9. The molecule has 0 unspecified atom stereocenters. The van der Waals surface area contributed by atoms with Crippen molar-refractivity contribution < 1.29 is 4.73 Å². The second kappa shape index (κ2) is 12.2. The van der Waals surface area contributed by atoms with Gasteiger partial charge >= 0.3 is 0 Å². The average Bonchev–Trinajstić information content (AvgIpc) is 4.10. The summed E-state index contributed by atoms with van der Waals surface area (Å²) < 4.78 is 5.09. The van der Waals surface area contributed by atoms with Gasteiger partial charge in [-0.25, -0.2) is 9.97 Å². The lowest BCUT2D eigenvalue weighted by molar-refractivity contribution is -0.604. The maximum absolute atomic E-state index is 11.5. The van der Waals surface area contributed by atoms with E-state index in [1.54, 1.807) is 18.5 Å². The summed E-state index contributed by atoms with van der Waals surface area (Å²) in [4.78, 5) is 13.4. The molecule has 0 amide bonds. The first-order valence-electron chi connectivity index (χ1n) is 16.9. The van der Waals surface area contributed by atoms with E-state index in [1.165, 1.54) is 43.0 Å². The van der Waals surface area contributed by atoms with E-state index in [-0.39, 0.29) is 0 Å². The van der Waals surface area contributed by atoms with Crippen molar-refractivity contribution in [1.29, 1.82) is 0 Å². The highest BCUT2D eigenvalue weighted by molar-refractivity contribution is 5.80. The minimum absolute atomic E-state index is 0.731. The van der Waals surface area contributed by atoms with Crippen LogP contribution in [0.4, 0.5) is 0 Å². The molecular weight excluding hydrogens is 605 g/mol. The molecule has 238 valence electrons. The quantitative estimate of drug-likeness (QED) is 0.134. The Bertz CT molecular complexity index is 2440. The summed E-state index contributed by atoms with van der Waals surface area (Å²) in [5, 5.41) is 11.5. The molecule has 4 aromatic heterocycles. The first kappa shape index (κ1) is 29.1. The number of aromatic nitrogens is 6. The van der Waals surface area contributed by atoms with Crippen LogP contribution in [-0.2, 0) is 0 Å². The van der Waals surface area contributed by atoms with E-state index in [9.17, 15) is 5.21 Å². The fourth-order valence-corrected chi connectivity index (χ4v) is 6.64. The molecule has 7 heteroatoms. The number of fused-ring (bicyclic) bond motifs is 2. The van der Waals surface area contributed by atoms with Crippen LogP contribution in [-0.4, -0.2) is 24.1 Å². The zero-order valence-electron chi connectivity index (χ0n) is 26.9. The molecule has 0 saturated heterocycles. The van der Waals surface area contributed by atoms with Crippen molar-refractivity contribution in [3.05, 3.63) is 163 Å². The molecule has 49 heavy (non-hydrogen) atoms. The average molecular weight is 639 g/mol. The van der Waals surface area contributed by atoms with E-state index in [0.717, 1.165) is 72.3 Å². The van der Waals surface area contributed by atoms with Crippen molar-refractivity contribution in [3.8, 4) is 33.6 Å². The Morgan fingerprint density at radius 1 is 0.571 bits per heavy atom. The van der Waals surface area contributed by atoms with Crippen molar-refractivity contribution in [2.75, 3.05) is 0 Å². The molecule has 7 nitrogen and oxygen atoms in total. The first-order valence-corrected chi connectivity index (χ1v) is 16.9. The van der Waals surface area contributed by atoms with Crippen molar-refractivity contribution >= 4 is 22.1 Å². The smallest absolute Gasteiger partial charge is 0.188 e. The Hall–Kier alpha value is -6.08. The van der Waals surface area contributed by atoms with E-state index in [2.05, 4.69) is 103 Å². The van der Waals surface area contributed by atoms with Gasteiger partial charge in [-0.3, -0.25) is 14.1 Å². The van der Waals surface area contributed by atoms with Crippen molar-refractivity contribution in [1.82, 2.24) is 24.1 Å². The van der Waals surface area contributed by atoms with Crippen molar-refractivity contribution in [3.63, 3.8) is 0 Å². The van der Waals surface area contributed by atoms with Crippen molar-refractivity contribution in [2.45, 2.75) is 37.5 Å². The highest BCUT2D eigenvalue weighted by Crippen LogP contribution is 2.42. The van der Waals surface area contributed by atoms with Crippen LogP contribution in [0.1, 0.15) is 48.6 Å². The third kappa shape index (κ3) is 5.95. The van der Waals surface area contributed by atoms with Crippen LogP contribution in [0.25, 0.3) is 55.7 Å². The summed E-state index contributed by atoms with van der Waals surface area (Å²) in [6.45, 7) is 0. The molecule has 2 aliphatic rings. The Morgan fingerprint density at radius 3 is 1.65 bits per heavy atom. The topological polar surface area (TPSA) is 75.5 Å². The fraction of sp³-hybridized carbons (Fsp3) is 0.143. The van der Waals surface area contributed by atoms with Crippen LogP contribution < -0.4 is 4.73 Å². The SMILES string of the molecule is [O-][n+]1cccc(-c2cccc(-n3cnc4cc(C5CC5)ccc43)c2)c1.c1cncc(-c2cccc(-n3cnc4cc(C5CC5)ccc43)c2)c1. The molecule has 0 atom stereocenters. The summed E-state index contributed by atoms with van der Waals surface area (Å²) in [7, 11) is 0. The number of hydrogen-bond donors (Lipinski definition) is 0. The predicted molar refractivity (Wildman–Crippen MR) is 194 cm³/mol. The highest BCUT2D eigenvalue weighted by atomic mass is 16.5. The lowest BCUT2D eigenvalue weighted by Gasteiger charge is -2.08. The number of benzene rings is 4. The van der Waals surface area contributed by atoms with E-state index in [4.69, 9.17) is 0 Å². The van der Waals surface area contributed by atoms with Gasteiger partial charge < -0.3 is 5.21 Å². The van der Waals surface area contributed by atoms with Gasteiger partial charge in [-0.15, -0.1) is 0 Å². The third-order valence-electron chi connectivity index (χ3n) is 9.59. The Morgan fingerprint density at radius 2 is 1.12 bits per heavy atom. The van der Waals surface area contributed by atoms with Gasteiger partial charge in [0.1, 0.15) is 12.7 Å². The normalized spacial score (nSPS) is 14.1. The number of pyridine rings is 2. The van der Waals surface area contributed by atoms with Gasteiger partial charge in [0.2, 0.25) is 0 Å². The van der Waals surface area contributed by atoms with Gasteiger partial charge in [0.15, 0.2) is 12.4 Å². The van der Waals surface area contributed by atoms with E-state index >= 15 is 0 Å². The van der Waals surface area contributed by atoms with E-state index in [1.807, 2.05) is 43.1 Å². The van der Waals surface area contributed by atoms with Gasteiger partial charge in [0.25, 0.3) is 0 Å². The molecule has 8 aromatic rings. The summed E-state index contributed by atoms with van der Waals surface area (Å²) in [6, 6.07) is 37.7. The largest absolute Gasteiger partial charge is 0.619 e. The molecule has 0 aliphatic heterocycles. The third-order valence-corrected chi connectivity index (χ3v) is 9.59. The van der Waals surface area contributed by atoms with Crippen LogP contribution in [0.15, 0.2) is 147 Å². The van der Waals surface area contributed by atoms with E-state index in [0.29, 0.717) is 0 Å². The number of hydrogen-bond acceptors (Lipinski definition) is 4. The number of imidazole rings is 2. The molecule has 2 fully saturated rings. The molecule has 10 rings (SSSR count). The second-order valence-electron chi connectivity index (χ2n) is 13.1. The maximum atomic E-state index is 11.5. The lowest BCUT2D eigenvalue weighted by atomic mass is 10.1. The standard InChI is InChI=1S/C21H17N3O.C21H17N3/c25-23-10-2-4-18(13-23)16-3-1-5-19(11-16)24-14-22-20-12-17(15-6-7-15)8-9-21(20)24;1-3-16(18-4-2-10-22-13-18)11-19(5-1)24-14-23-20-12-17(15-6-7-15)8-9-21(20)24/h1-5,8-15H,6-7H2;1-5,8-15H,6-7H2. The van der Waals surface area contributed by atoms with Crippen LogP contribution in [0, 0.1) is 5.21 Å². The van der Waals surface area contributed by atoms with Crippen molar-refractivity contribution in [2.24, 2.45) is 0 Å². The molecule has 0 N–H and O–H groups in total. The summed E-state index contributed by atoms with van der Waals surface area (Å²) in [5.41, 5.74) is 13.6. The van der Waals surface area contributed by atoms with Gasteiger partial charge in [-0.1, -0.05) is 42.5 Å². The second-order valence-corrected chi connectivity index (χ2v) is 13.1. The van der Waals surface area contributed by atoms with Gasteiger partial charge in [-0.05, 0) is 120 Å². The molecule has 0 bridgehead atoms. The molecular formula is C42H34N6O. The summed E-state index contributed by atoms with van der Waals surface area (Å²) in [5.74, 6) is 1.49. The number of nitrogens with zero attached hydrogens (tertiary/aromatic N) is 6. The molecule has 4 aromatic carbocycles. The summed E-state index contributed by atoms with van der Waals surface area (Å²) >= 11 is 0. The maximum Gasteiger partial charge on any atom is 0.188 e. The number of rotatable bonds is 6. The van der Waals surface area contributed by atoms with Crippen LogP contribution >= 0.6 is 0 Å².